The van der Waals surface area contributed by atoms with Crippen LogP contribution in [0.15, 0.2) is 83.5 Å². The number of halogens is 1. The summed E-state index contributed by atoms with van der Waals surface area (Å²) >= 11 is 6.57. The van der Waals surface area contributed by atoms with Gasteiger partial charge in [-0.1, -0.05) is 41.9 Å². The Morgan fingerprint density at radius 2 is 1.74 bits per heavy atom. The lowest BCUT2D eigenvalue weighted by Crippen LogP contribution is -2.21. The number of anilines is 2. The number of amides is 2. The number of rotatable bonds is 10. The van der Waals surface area contributed by atoms with E-state index in [1.165, 1.54) is 32.3 Å². The molecular weight excluding hydrogens is 606 g/mol. The number of hydrogen-bond acceptors (Lipinski definition) is 8. The predicted octanol–water partition coefficient (Wildman–Crippen LogP) is 8.49. The second-order valence-corrected chi connectivity index (χ2v) is 11.5. The van der Waals surface area contributed by atoms with E-state index in [-0.39, 0.29) is 5.02 Å². The minimum absolute atomic E-state index is 0.287. The van der Waals surface area contributed by atoms with Crippen LogP contribution in [0.1, 0.15) is 19.3 Å². The van der Waals surface area contributed by atoms with Gasteiger partial charge in [-0.2, -0.15) is 0 Å². The lowest BCUT2D eigenvalue weighted by Gasteiger charge is -2.16. The molecule has 234 valence electrons. The van der Waals surface area contributed by atoms with Crippen LogP contribution in [0.3, 0.4) is 0 Å². The molecule has 0 atom stereocenters. The maximum absolute atomic E-state index is 13.0. The summed E-state index contributed by atoms with van der Waals surface area (Å²) in [5.41, 5.74) is 2.95. The van der Waals surface area contributed by atoms with Crippen molar-refractivity contribution in [3.05, 3.63) is 84.1 Å². The third-order valence-electron chi connectivity index (χ3n) is 8.01. The number of aromatic nitrogens is 2. The lowest BCUT2D eigenvalue weighted by atomic mass is 10.1. The zero-order valence-corrected chi connectivity index (χ0v) is 26.0. The molecule has 0 unspecified atom stereocenters. The van der Waals surface area contributed by atoms with Gasteiger partial charge in [0.05, 0.1) is 41.0 Å². The highest BCUT2D eigenvalue weighted by Crippen LogP contribution is 2.38. The Labute approximate surface area is 270 Å². The van der Waals surface area contributed by atoms with E-state index >= 15 is 0 Å². The Balaban J connectivity index is 1.03. The Morgan fingerprint density at radius 1 is 0.913 bits per heavy atom. The van der Waals surface area contributed by atoms with Gasteiger partial charge < -0.3 is 34.2 Å². The van der Waals surface area contributed by atoms with Gasteiger partial charge >= 0.3 is 6.03 Å². The van der Waals surface area contributed by atoms with Crippen molar-refractivity contribution in [1.82, 2.24) is 14.9 Å². The minimum atomic E-state index is -0.466. The maximum Gasteiger partial charge on any atom is 0.323 e. The summed E-state index contributed by atoms with van der Waals surface area (Å²) in [5.74, 6) is 1.95. The fraction of sp³-hybridized carbons (Fsp3) is 0.229. The van der Waals surface area contributed by atoms with Crippen molar-refractivity contribution in [3.63, 3.8) is 0 Å². The van der Waals surface area contributed by atoms with Crippen LogP contribution in [0.5, 0.6) is 23.1 Å². The first kappa shape index (κ1) is 29.6. The first-order valence-electron chi connectivity index (χ1n) is 15.2. The third-order valence-corrected chi connectivity index (χ3v) is 8.33. The molecule has 1 aliphatic heterocycles. The molecule has 1 saturated heterocycles. The fourth-order valence-electron chi connectivity index (χ4n) is 5.76. The van der Waals surface area contributed by atoms with Crippen LogP contribution in [0.2, 0.25) is 5.02 Å². The van der Waals surface area contributed by atoms with Gasteiger partial charge in [-0.3, -0.25) is 0 Å². The molecule has 10 nitrogen and oxygen atoms in total. The summed E-state index contributed by atoms with van der Waals surface area (Å²) in [6.45, 7) is 3.94. The van der Waals surface area contributed by atoms with Crippen molar-refractivity contribution in [2.24, 2.45) is 0 Å². The highest BCUT2D eigenvalue weighted by Gasteiger charge is 2.17. The highest BCUT2D eigenvalue weighted by molar-refractivity contribution is 6.34. The summed E-state index contributed by atoms with van der Waals surface area (Å²) in [7, 11) is 1.60. The summed E-state index contributed by atoms with van der Waals surface area (Å²) in [6, 6.07) is 21.5. The molecule has 4 aromatic carbocycles. The van der Waals surface area contributed by atoms with Crippen molar-refractivity contribution < 1.29 is 23.4 Å². The van der Waals surface area contributed by atoms with Gasteiger partial charge in [0, 0.05) is 29.4 Å². The number of benzene rings is 4. The number of fused-ring (bicyclic) bond motifs is 4. The van der Waals surface area contributed by atoms with E-state index in [9.17, 15) is 4.79 Å². The van der Waals surface area contributed by atoms with Gasteiger partial charge in [0.2, 0.25) is 5.88 Å². The second kappa shape index (κ2) is 13.1. The normalized spacial score (nSPS) is 13.3. The van der Waals surface area contributed by atoms with E-state index in [0.717, 1.165) is 29.3 Å². The molecule has 7 rings (SSSR count). The van der Waals surface area contributed by atoms with Gasteiger partial charge in [-0.15, -0.1) is 0 Å². The molecular formula is C35H32ClN5O5. The molecule has 3 heterocycles. The van der Waals surface area contributed by atoms with E-state index in [1.807, 2.05) is 48.5 Å². The number of carbonyl (C=O) groups excluding carboxylic acids is 1. The number of nitrogens with zero attached hydrogens (tertiary/aromatic N) is 3. The molecule has 0 bridgehead atoms. The number of urea groups is 1. The first-order chi connectivity index (χ1) is 22.6. The van der Waals surface area contributed by atoms with Crippen LogP contribution in [0, 0.1) is 0 Å². The molecule has 6 aromatic rings. The van der Waals surface area contributed by atoms with Crippen LogP contribution < -0.4 is 24.8 Å². The highest BCUT2D eigenvalue weighted by atomic mass is 35.5. The number of likely N-dealkylation sites (tertiary alicyclic amines) is 1. The Kier molecular flexibility index (Phi) is 8.45. The van der Waals surface area contributed by atoms with Gasteiger partial charge in [-0.05, 0) is 62.7 Å². The third kappa shape index (κ3) is 6.22. The summed E-state index contributed by atoms with van der Waals surface area (Å²) in [6.07, 6.45) is 4.92. The molecule has 1 aliphatic rings. The van der Waals surface area contributed by atoms with Crippen molar-refractivity contribution >= 4 is 61.8 Å². The van der Waals surface area contributed by atoms with Gasteiger partial charge in [0.15, 0.2) is 17.1 Å². The van der Waals surface area contributed by atoms with E-state index in [2.05, 4.69) is 25.5 Å². The van der Waals surface area contributed by atoms with Crippen molar-refractivity contribution in [3.8, 4) is 23.1 Å². The topological polar surface area (TPSA) is 111 Å². The van der Waals surface area contributed by atoms with E-state index in [4.69, 9.17) is 30.2 Å². The molecule has 2 amide bonds. The fourth-order valence-corrected chi connectivity index (χ4v) is 5.98. The van der Waals surface area contributed by atoms with E-state index < -0.39 is 6.03 Å². The predicted molar refractivity (Wildman–Crippen MR) is 180 cm³/mol. The number of nitrogens with one attached hydrogen (secondary N) is 2. The first-order valence-corrected chi connectivity index (χ1v) is 15.6. The smallest absolute Gasteiger partial charge is 0.323 e. The Morgan fingerprint density at radius 3 is 2.59 bits per heavy atom. The zero-order chi connectivity index (χ0) is 31.5. The maximum atomic E-state index is 13.0. The van der Waals surface area contributed by atoms with Crippen LogP contribution in [0.25, 0.3) is 32.8 Å². The second-order valence-electron chi connectivity index (χ2n) is 11.1. The summed E-state index contributed by atoms with van der Waals surface area (Å²) < 4.78 is 23.8. The monoisotopic (exact) mass is 637 g/mol. The molecule has 46 heavy (non-hydrogen) atoms. The molecule has 2 aromatic heterocycles. The van der Waals surface area contributed by atoms with Crippen molar-refractivity contribution in [2.75, 3.05) is 44.0 Å². The quantitative estimate of drug-likeness (QED) is 0.144. The minimum Gasteiger partial charge on any atom is -0.493 e. The van der Waals surface area contributed by atoms with Crippen LogP contribution in [0.4, 0.5) is 16.2 Å². The van der Waals surface area contributed by atoms with Gasteiger partial charge in [0.1, 0.15) is 17.7 Å². The zero-order valence-electron chi connectivity index (χ0n) is 25.2. The van der Waals surface area contributed by atoms with Crippen molar-refractivity contribution in [2.45, 2.75) is 19.3 Å². The number of para-hydroxylation sites is 2. The average Bonchev–Trinajstić information content (AvgIpc) is 3.73. The molecule has 2 N–H and O–H groups in total. The molecule has 0 saturated carbocycles. The molecule has 11 heteroatoms. The number of carbonyl (C=O) groups is 1. The number of hydrogen-bond donors (Lipinski definition) is 2. The Bertz CT molecular complexity index is 2040. The van der Waals surface area contributed by atoms with E-state index in [0.29, 0.717) is 57.6 Å². The summed E-state index contributed by atoms with van der Waals surface area (Å²) in [4.78, 5) is 24.2. The SMILES string of the molecule is COc1cc2c(Oc3ccc(NC(=O)Nc4cccc5c4oc4ccccc45)c(Cl)c3)ncnc2cc1OCCCN1CCCC1. The molecule has 1 fully saturated rings. The van der Waals surface area contributed by atoms with E-state index in [1.54, 1.807) is 31.4 Å². The van der Waals surface area contributed by atoms with Crippen LogP contribution >= 0.6 is 11.6 Å². The summed E-state index contributed by atoms with van der Waals surface area (Å²) in [5, 5.41) is 8.50. The van der Waals surface area contributed by atoms with Gasteiger partial charge in [0.25, 0.3) is 0 Å². The largest absolute Gasteiger partial charge is 0.493 e. The molecule has 0 aliphatic carbocycles. The standard InChI is InChI=1S/C35H32ClN5O5/c1-43-31-19-25-29(20-32(31)44-17-7-16-41-14-4-5-15-41)37-21-38-34(25)45-22-12-13-27(26(36)18-22)39-35(42)40-28-10-6-9-24-23-8-2-3-11-30(23)46-33(24)28/h2-3,6,8-13,18-21H,4-5,7,14-17H2,1H3,(H2,39,40,42). The van der Waals surface area contributed by atoms with Crippen LogP contribution in [-0.4, -0.2) is 54.2 Å². The Hall–Kier alpha value is -5.06. The van der Waals surface area contributed by atoms with Crippen molar-refractivity contribution in [1.29, 1.82) is 0 Å². The molecule has 0 spiro atoms. The number of ether oxygens (including phenoxy) is 3. The number of furan rings is 1. The van der Waals surface area contributed by atoms with Crippen LogP contribution in [-0.2, 0) is 0 Å². The number of methoxy groups -OCH3 is 1. The average molecular weight is 638 g/mol. The lowest BCUT2D eigenvalue weighted by molar-refractivity contribution is 0.254. The molecule has 0 radical (unpaired) electrons. The van der Waals surface area contributed by atoms with Gasteiger partial charge in [-0.25, -0.2) is 14.8 Å².